The zero-order valence-electron chi connectivity index (χ0n) is 85.1. The van der Waals surface area contributed by atoms with Crippen LogP contribution in [0.3, 0.4) is 0 Å². The first-order valence-corrected chi connectivity index (χ1v) is 41.8. The number of hydrogen-bond donors (Lipinski definition) is 0. The van der Waals surface area contributed by atoms with E-state index in [4.69, 9.17) is 12.6 Å². The van der Waals surface area contributed by atoms with Crippen molar-refractivity contribution in [3.63, 3.8) is 0 Å². The van der Waals surface area contributed by atoms with Gasteiger partial charge in [-0.05, 0) is 205 Å². The molecule has 0 atom stereocenters. The van der Waals surface area contributed by atoms with Gasteiger partial charge in [0.1, 0.15) is 0 Å². The van der Waals surface area contributed by atoms with E-state index in [1.165, 1.54) is 26.8 Å². The number of aromatic nitrogens is 4. The average Bonchev–Trinajstić information content (AvgIpc) is 1.68. The second-order valence-corrected chi connectivity index (χ2v) is 38.8. The van der Waals surface area contributed by atoms with Crippen molar-refractivity contribution in [1.29, 1.82) is 0 Å². The molecule has 0 N–H and O–H groups in total. The molecule has 2 aliphatic heterocycles. The van der Waals surface area contributed by atoms with Crippen LogP contribution in [0.2, 0.25) is 0 Å². The molecule has 8 heterocycles. The molecule has 0 radical (unpaired) electrons. The topological polar surface area (TPSA) is 39.3 Å². The van der Waals surface area contributed by atoms with E-state index in [0.717, 1.165) is 120 Å². The highest BCUT2D eigenvalue weighted by molar-refractivity contribution is 7.27. The number of nitrogens with zero attached hydrogens (tertiary/aromatic N) is 6. The molecular formula is C110H93BN6OS. The molecule has 9 heteroatoms. The highest BCUT2D eigenvalue weighted by atomic mass is 32.1. The summed E-state index contributed by atoms with van der Waals surface area (Å²) >= 11 is 1.70. The molecule has 0 unspecified atom stereocenters. The maximum Gasteiger partial charge on any atom is 0.252 e. The first kappa shape index (κ1) is 56.5. The molecule has 0 spiro atoms. The Labute approximate surface area is 720 Å². The highest BCUT2D eigenvalue weighted by Crippen LogP contribution is 2.54. The van der Waals surface area contributed by atoms with Crippen molar-refractivity contribution in [2.45, 2.75) is 131 Å². The monoisotopic (exact) mass is 1570 g/mol. The summed E-state index contributed by atoms with van der Waals surface area (Å²) < 4.78 is 168. The Balaban J connectivity index is 0.855. The summed E-state index contributed by atoms with van der Waals surface area (Å²) in [6.45, 7) is 32.9. The van der Waals surface area contributed by atoms with Gasteiger partial charge < -0.3 is 32.5 Å². The van der Waals surface area contributed by atoms with E-state index in [0.29, 0.717) is 33.4 Å². The molecule has 0 saturated carbocycles. The fourth-order valence-corrected chi connectivity index (χ4v) is 20.6. The number of benzene rings is 15. The van der Waals surface area contributed by atoms with Gasteiger partial charge in [0.15, 0.2) is 11.2 Å². The Morgan fingerprint density at radius 2 is 0.588 bits per heavy atom. The van der Waals surface area contributed by atoms with E-state index in [2.05, 4.69) is 274 Å². The molecule has 0 saturated heterocycles. The van der Waals surface area contributed by atoms with E-state index < -0.39 is 109 Å². The summed E-state index contributed by atoms with van der Waals surface area (Å²) in [7, 11) is 0. The van der Waals surface area contributed by atoms with Gasteiger partial charge in [-0.25, -0.2) is 0 Å². The van der Waals surface area contributed by atoms with Crippen LogP contribution >= 0.6 is 11.3 Å². The van der Waals surface area contributed by atoms with Crippen molar-refractivity contribution in [2.24, 2.45) is 0 Å². The van der Waals surface area contributed by atoms with Gasteiger partial charge in [0, 0.05) is 98.8 Å². The molecule has 6 aromatic heterocycles. The number of para-hydroxylation sites is 6. The molecule has 0 aliphatic carbocycles. The molecule has 119 heavy (non-hydrogen) atoms. The summed E-state index contributed by atoms with van der Waals surface area (Å²) in [6.07, 6.45) is 0. The zero-order valence-corrected chi connectivity index (χ0v) is 69.9. The number of anilines is 6. The summed E-state index contributed by atoms with van der Waals surface area (Å²) in [4.78, 5) is 4.67. The third-order valence-electron chi connectivity index (χ3n) is 25.4. The molecular weight excluding hydrogens is 1460 g/mol. The number of furan rings is 1. The average molecular weight is 1570 g/mol. The van der Waals surface area contributed by atoms with Crippen LogP contribution in [0.5, 0.6) is 0 Å². The smallest absolute Gasteiger partial charge is 0.252 e. The first-order chi connectivity index (χ1) is 63.8. The van der Waals surface area contributed by atoms with Crippen LogP contribution < -0.4 is 26.2 Å². The first-order valence-electron chi connectivity index (χ1n) is 49.0. The van der Waals surface area contributed by atoms with Gasteiger partial charge in [0.2, 0.25) is 0 Å². The number of fused-ring (bicyclic) bond motifs is 22. The van der Waals surface area contributed by atoms with Gasteiger partial charge in [0.05, 0.1) is 98.2 Å². The van der Waals surface area contributed by atoms with Crippen molar-refractivity contribution < 1.29 is 26.3 Å². The molecule has 21 aromatic rings. The van der Waals surface area contributed by atoms with Crippen molar-refractivity contribution in [3.05, 3.63) is 319 Å². The Bertz CT molecular complexity index is 8730. The second kappa shape index (κ2) is 24.9. The minimum atomic E-state index is -0.642. The quantitative estimate of drug-likeness (QED) is 0.156. The lowest BCUT2D eigenvalue weighted by Crippen LogP contribution is -2.61. The van der Waals surface area contributed by atoms with Crippen molar-refractivity contribution in [1.82, 2.24) is 18.3 Å². The predicted octanol–water partition coefficient (Wildman–Crippen LogP) is 28.9. The van der Waals surface area contributed by atoms with Gasteiger partial charge in [-0.15, -0.1) is 11.3 Å². The fourth-order valence-electron chi connectivity index (χ4n) is 19.3. The maximum atomic E-state index is 9.93. The van der Waals surface area contributed by atoms with Gasteiger partial charge in [-0.3, -0.25) is 0 Å². The van der Waals surface area contributed by atoms with E-state index in [1.807, 2.05) is 36.4 Å². The van der Waals surface area contributed by atoms with Gasteiger partial charge in [0.25, 0.3) is 6.71 Å². The Morgan fingerprint density at radius 3 is 1.01 bits per heavy atom. The third kappa shape index (κ3) is 10.5. The minimum absolute atomic E-state index is 0.0142. The highest BCUT2D eigenvalue weighted by Gasteiger charge is 2.46. The fraction of sp³-hybridized carbons (Fsp3) is 0.182. The van der Waals surface area contributed by atoms with E-state index in [1.54, 1.807) is 22.0 Å². The molecule has 0 fully saturated rings. The van der Waals surface area contributed by atoms with E-state index in [-0.39, 0.29) is 76.5 Å². The summed E-state index contributed by atoms with van der Waals surface area (Å²) in [6, 6.07) is 61.6. The lowest BCUT2D eigenvalue weighted by atomic mass is 9.33. The Kier molecular flexibility index (Phi) is 11.8. The lowest BCUT2D eigenvalue weighted by molar-refractivity contribution is 0.590. The lowest BCUT2D eigenvalue weighted by Gasteiger charge is -2.45. The normalized spacial score (nSPS) is 15.5. The molecule has 2 aliphatic rings. The van der Waals surface area contributed by atoms with Gasteiger partial charge in [-0.2, -0.15) is 0 Å². The van der Waals surface area contributed by atoms with Crippen molar-refractivity contribution in [3.8, 4) is 22.7 Å². The largest absolute Gasteiger partial charge is 0.452 e. The van der Waals surface area contributed by atoms with Crippen molar-refractivity contribution in [2.75, 3.05) is 9.80 Å². The van der Waals surface area contributed by atoms with Crippen LogP contribution in [0.15, 0.2) is 295 Å². The summed E-state index contributed by atoms with van der Waals surface area (Å²) in [5.41, 5.74) is 18.7. The summed E-state index contributed by atoms with van der Waals surface area (Å²) in [5, 5.41) is 7.57. The minimum Gasteiger partial charge on any atom is -0.452 e. The molecule has 23 rings (SSSR count). The molecule has 7 nitrogen and oxygen atoms in total. The standard InChI is InChI=1S/C110H93BN6OS/c1-106(2,3)64-44-52-89-79(56-64)80-57-65(107(4,5)6)45-53-90(80)113(89)70-49-50-83-97(62-70)116(94-41-25-33-76-75-32-24-40-93(102(75)118-103(76)94)114-87-38-22-18-30-73(87)74-31-19-23-39-88(74)114)99-60-68(110(13,14)15)61-100-101(99)111(83)84-51-48-69(112-85-36-20-16-28-71(85)72-29-17-21-37-86(72)112)63-98(84)117(100)96-43-27-35-78-77-34-26-42-95(104(77)119-105(78)96)115-91-54-46-66(108(7,8)9)58-81(91)82-59-67(109(10,11)12)47-55-92(82)115/h16-63H,1-15H3/i16D,17D,18D,19D,20D,21D,22D,23D,28D,29D,30D,31D,36D,37D,38D,39D. The molecule has 0 bridgehead atoms. The molecule has 0 amide bonds. The SMILES string of the molecule is [2H]c1c([2H])c([2H])c2c(c1[2H])c1c([2H])c([2H])c([2H])c([2H])c1n2-c1ccc2c(c1)N(c1cccc3c1sc1c(-n4c5ccc(C(C)(C)C)cc5c5cc(C(C)(C)C)ccc54)cccc13)c1cc(C(C)(C)C)cc3c1B2c1ccc(-n2c4ccc(C(C)(C)C)cc4c4cc(C(C)(C)C)ccc42)cc1N3c1cccc2c1oc1c(-n3c4c([2H])c([2H])c([2H])c([2H])c4c4c([2H])c([2H])c([2H])c([2H])c43)cccc12. The number of rotatable bonds is 6. The molecule has 578 valence electrons. The van der Waals surface area contributed by atoms with Crippen LogP contribution in [-0.4, -0.2) is 25.0 Å². The Morgan fingerprint density at radius 1 is 0.261 bits per heavy atom. The van der Waals surface area contributed by atoms with Gasteiger partial charge >= 0.3 is 0 Å². The van der Waals surface area contributed by atoms with Crippen molar-refractivity contribution >= 4 is 198 Å². The van der Waals surface area contributed by atoms with Crippen LogP contribution in [-0.2, 0) is 27.1 Å². The van der Waals surface area contributed by atoms with Crippen LogP contribution in [0.1, 0.15) is 154 Å². The summed E-state index contributed by atoms with van der Waals surface area (Å²) in [5.74, 6) is 0. The van der Waals surface area contributed by atoms with E-state index in [9.17, 15) is 13.7 Å². The Hall–Kier alpha value is -12.8. The zero-order chi connectivity index (χ0) is 95.1. The van der Waals surface area contributed by atoms with Crippen LogP contribution in [0.25, 0.3) is 152 Å². The van der Waals surface area contributed by atoms with Crippen LogP contribution in [0.4, 0.5) is 34.1 Å². The molecule has 15 aromatic carbocycles. The third-order valence-corrected chi connectivity index (χ3v) is 26.7. The van der Waals surface area contributed by atoms with Crippen LogP contribution in [0, 0.1) is 0 Å². The maximum absolute atomic E-state index is 9.93. The number of hydrogen-bond acceptors (Lipinski definition) is 4. The number of thiophene rings is 1. The second-order valence-electron chi connectivity index (χ2n) is 37.8. The van der Waals surface area contributed by atoms with E-state index >= 15 is 0 Å². The van der Waals surface area contributed by atoms with Gasteiger partial charge in [-0.1, -0.05) is 261 Å². The predicted molar refractivity (Wildman–Crippen MR) is 511 cm³/mol.